The summed E-state index contributed by atoms with van der Waals surface area (Å²) in [6.07, 6.45) is -5.32. The minimum Gasteiger partial charge on any atom is -0.306 e. The largest absolute Gasteiger partial charge is 0.418 e. The van der Waals surface area contributed by atoms with E-state index in [-0.39, 0.29) is 30.1 Å². The number of ketones is 1. The van der Waals surface area contributed by atoms with Crippen molar-refractivity contribution in [3.63, 3.8) is 0 Å². The molecule has 0 amide bonds. The Bertz CT molecular complexity index is 1770. The molecular formula is C22H13ClF4N2O5S2. The average Bonchev–Trinajstić information content (AvgIpc) is 3.20. The van der Waals surface area contributed by atoms with Gasteiger partial charge in [-0.2, -0.15) is 13.2 Å². The van der Waals surface area contributed by atoms with Crippen molar-refractivity contribution in [3.8, 4) is 5.69 Å². The second kappa shape index (κ2) is 8.98. The van der Waals surface area contributed by atoms with Crippen LogP contribution in [0.3, 0.4) is 0 Å². The lowest BCUT2D eigenvalue weighted by Crippen LogP contribution is -2.36. The van der Waals surface area contributed by atoms with Crippen LogP contribution in [0.5, 0.6) is 0 Å². The number of fused-ring (bicyclic) bond motifs is 1. The van der Waals surface area contributed by atoms with Gasteiger partial charge in [-0.05, 0) is 48.9 Å². The molecule has 4 rings (SSSR count). The van der Waals surface area contributed by atoms with Crippen molar-refractivity contribution in [2.45, 2.75) is 17.3 Å². The quantitative estimate of drug-likeness (QED) is 0.285. The van der Waals surface area contributed by atoms with Crippen LogP contribution >= 0.6 is 22.9 Å². The maximum Gasteiger partial charge on any atom is 0.418 e. The molecule has 2 aromatic carbocycles. The number of benzene rings is 2. The molecule has 0 radical (unpaired) electrons. The van der Waals surface area contributed by atoms with Crippen molar-refractivity contribution in [2.75, 3.05) is 5.75 Å². The van der Waals surface area contributed by atoms with Crippen LogP contribution < -0.4 is 11.2 Å². The van der Waals surface area contributed by atoms with E-state index >= 15 is 4.39 Å². The van der Waals surface area contributed by atoms with Gasteiger partial charge in [-0.3, -0.25) is 9.59 Å². The Hall–Kier alpha value is -3.29. The van der Waals surface area contributed by atoms with Crippen LogP contribution in [0.4, 0.5) is 17.6 Å². The van der Waals surface area contributed by atoms with Gasteiger partial charge in [-0.1, -0.05) is 17.7 Å². The van der Waals surface area contributed by atoms with Gasteiger partial charge in [0.2, 0.25) is 0 Å². The summed E-state index contributed by atoms with van der Waals surface area (Å²) in [4.78, 5) is 40.3. The van der Waals surface area contributed by atoms with E-state index in [0.29, 0.717) is 23.0 Å². The molecule has 1 N–H and O–H groups in total. The maximum atomic E-state index is 15.1. The lowest BCUT2D eigenvalue weighted by molar-refractivity contribution is -0.137. The number of aryl methyl sites for hydroxylation is 1. The first kappa shape index (κ1) is 25.8. The van der Waals surface area contributed by atoms with Crippen molar-refractivity contribution in [2.24, 2.45) is 0 Å². The van der Waals surface area contributed by atoms with Crippen LogP contribution in [0.15, 0.2) is 56.3 Å². The number of hydrogen-bond donors (Lipinski definition) is 1. The number of halogens is 5. The lowest BCUT2D eigenvalue weighted by Gasteiger charge is -2.17. The first-order valence-corrected chi connectivity index (χ1v) is 12.7. The Morgan fingerprint density at radius 3 is 2.42 bits per heavy atom. The van der Waals surface area contributed by atoms with Crippen molar-refractivity contribution in [1.82, 2.24) is 9.55 Å². The summed E-state index contributed by atoms with van der Waals surface area (Å²) in [6.45, 7) is 1.66. The van der Waals surface area contributed by atoms with Gasteiger partial charge in [0.05, 0.1) is 20.8 Å². The molecule has 2 heterocycles. The standard InChI is InChI=1S/C22H13ClF4N2O5S2/c1-10-2-3-12-15(6-10)28-21(32)29(20(12)31)19-13(22(25,26)27)7-11(8-14(19)24)16(30)9-36(33,34)18-5-4-17(23)35-18/h2-8H,9H2,1H3,(H,28,32). The van der Waals surface area contributed by atoms with Crippen LogP contribution in [0.2, 0.25) is 4.34 Å². The van der Waals surface area contributed by atoms with Gasteiger partial charge in [0.25, 0.3) is 5.56 Å². The highest BCUT2D eigenvalue weighted by Gasteiger charge is 2.38. The molecule has 14 heteroatoms. The van der Waals surface area contributed by atoms with E-state index in [4.69, 9.17) is 11.6 Å². The molecule has 0 aliphatic carbocycles. The van der Waals surface area contributed by atoms with Crippen LogP contribution in [-0.4, -0.2) is 29.5 Å². The normalized spacial score (nSPS) is 12.3. The van der Waals surface area contributed by atoms with E-state index in [9.17, 15) is 36.0 Å². The Labute approximate surface area is 208 Å². The van der Waals surface area contributed by atoms with E-state index in [0.717, 1.165) is 6.07 Å². The summed E-state index contributed by atoms with van der Waals surface area (Å²) >= 11 is 6.34. The van der Waals surface area contributed by atoms with Crippen LogP contribution in [0.25, 0.3) is 16.6 Å². The summed E-state index contributed by atoms with van der Waals surface area (Å²) < 4.78 is 81.7. The fourth-order valence-electron chi connectivity index (χ4n) is 3.53. The summed E-state index contributed by atoms with van der Waals surface area (Å²) in [5, 5.41) is -0.173. The number of rotatable bonds is 5. The number of hydrogen-bond acceptors (Lipinski definition) is 6. The highest BCUT2D eigenvalue weighted by molar-refractivity contribution is 7.94. The number of aromatic nitrogens is 2. The van der Waals surface area contributed by atoms with Gasteiger partial charge in [0.1, 0.15) is 21.5 Å². The van der Waals surface area contributed by atoms with E-state index in [1.54, 1.807) is 6.92 Å². The third-order valence-corrected chi connectivity index (χ3v) is 8.57. The van der Waals surface area contributed by atoms with Gasteiger partial charge in [-0.25, -0.2) is 22.2 Å². The number of sulfone groups is 1. The molecule has 188 valence electrons. The second-order valence-electron chi connectivity index (χ2n) is 7.71. The first-order chi connectivity index (χ1) is 16.7. The molecule has 0 spiro atoms. The fraction of sp³-hybridized carbons (Fsp3) is 0.136. The summed E-state index contributed by atoms with van der Waals surface area (Å²) in [7, 11) is -4.28. The van der Waals surface area contributed by atoms with Crippen molar-refractivity contribution >= 4 is 49.5 Å². The number of thiophene rings is 1. The number of Topliss-reactive ketones (excluding diaryl/α,β-unsaturated/α-hetero) is 1. The SMILES string of the molecule is Cc1ccc2c(=O)n(-c3c(F)cc(C(=O)CS(=O)(=O)c4ccc(Cl)s4)cc3C(F)(F)F)c(=O)[nH]c2c1. The van der Waals surface area contributed by atoms with Gasteiger partial charge >= 0.3 is 11.9 Å². The zero-order valence-electron chi connectivity index (χ0n) is 17.9. The molecule has 0 aliphatic rings. The number of nitrogens with zero attached hydrogens (tertiary/aromatic N) is 1. The molecule has 36 heavy (non-hydrogen) atoms. The number of carbonyl (C=O) groups excluding carboxylic acids is 1. The summed E-state index contributed by atoms with van der Waals surface area (Å²) in [6, 6.07) is 7.13. The topological polar surface area (TPSA) is 106 Å². The third-order valence-electron chi connectivity index (χ3n) is 5.14. The van der Waals surface area contributed by atoms with Gasteiger partial charge in [0, 0.05) is 5.56 Å². The monoisotopic (exact) mass is 560 g/mol. The zero-order chi connectivity index (χ0) is 26.6. The minimum atomic E-state index is -5.32. The van der Waals surface area contributed by atoms with E-state index in [1.807, 2.05) is 0 Å². The predicted molar refractivity (Wildman–Crippen MR) is 126 cm³/mol. The van der Waals surface area contributed by atoms with Gasteiger partial charge in [-0.15, -0.1) is 11.3 Å². The van der Waals surface area contributed by atoms with Gasteiger partial charge < -0.3 is 4.98 Å². The number of carbonyl (C=O) groups is 1. The molecule has 0 aliphatic heterocycles. The van der Waals surface area contributed by atoms with Crippen molar-refractivity contribution in [1.29, 1.82) is 0 Å². The number of aromatic amines is 1. The third kappa shape index (κ3) is 4.73. The summed E-state index contributed by atoms with van der Waals surface area (Å²) in [5.41, 5.74) is -5.98. The number of H-pyrrole nitrogens is 1. The fourth-order valence-corrected chi connectivity index (χ4v) is 6.33. The molecule has 0 fully saturated rings. The molecule has 7 nitrogen and oxygen atoms in total. The Morgan fingerprint density at radius 2 is 1.81 bits per heavy atom. The van der Waals surface area contributed by atoms with Crippen molar-refractivity contribution in [3.05, 3.63) is 90.1 Å². The average molecular weight is 561 g/mol. The van der Waals surface area contributed by atoms with Crippen LogP contribution in [0.1, 0.15) is 21.5 Å². The van der Waals surface area contributed by atoms with Gasteiger partial charge in [0.15, 0.2) is 15.6 Å². The lowest BCUT2D eigenvalue weighted by atomic mass is 10.0. The van der Waals surface area contributed by atoms with E-state index in [1.165, 1.54) is 24.3 Å². The van der Waals surface area contributed by atoms with Crippen molar-refractivity contribution < 1.29 is 30.8 Å². The first-order valence-electron chi connectivity index (χ1n) is 9.87. The minimum absolute atomic E-state index is 0.00549. The Kier molecular flexibility index (Phi) is 6.43. The molecule has 0 unspecified atom stereocenters. The van der Waals surface area contributed by atoms with Crippen LogP contribution in [0, 0.1) is 12.7 Å². The molecule has 0 saturated carbocycles. The zero-order valence-corrected chi connectivity index (χ0v) is 20.3. The smallest absolute Gasteiger partial charge is 0.306 e. The molecule has 0 atom stereocenters. The molecule has 4 aromatic rings. The van der Waals surface area contributed by atoms with Crippen LogP contribution in [-0.2, 0) is 16.0 Å². The van der Waals surface area contributed by atoms with E-state index < -0.39 is 61.4 Å². The molecular weight excluding hydrogens is 548 g/mol. The second-order valence-corrected chi connectivity index (χ2v) is 11.6. The predicted octanol–water partition coefficient (Wildman–Crippen LogP) is 4.52. The Balaban J connectivity index is 1.89. The molecule has 0 bridgehead atoms. The highest BCUT2D eigenvalue weighted by atomic mass is 35.5. The Morgan fingerprint density at radius 1 is 1.11 bits per heavy atom. The molecule has 2 aromatic heterocycles. The highest BCUT2D eigenvalue weighted by Crippen LogP contribution is 2.36. The number of nitrogens with one attached hydrogen (secondary N) is 1. The van der Waals surface area contributed by atoms with E-state index in [2.05, 4.69) is 4.98 Å². The molecule has 0 saturated heterocycles. The summed E-state index contributed by atoms with van der Waals surface area (Å²) in [5.74, 6) is -4.30. The maximum absolute atomic E-state index is 15.1. The number of alkyl halides is 3.